The minimum absolute atomic E-state index is 0.0792. The molecule has 0 saturated carbocycles. The van der Waals surface area contributed by atoms with Gasteiger partial charge in [0.05, 0.1) is 0 Å². The molecule has 1 N–H and O–H groups in total. The maximum absolute atomic E-state index is 10.1. The Bertz CT molecular complexity index is 391. The highest BCUT2D eigenvalue weighted by molar-refractivity contribution is 9.10. The van der Waals surface area contributed by atoms with E-state index >= 15 is 0 Å². The third-order valence-electron chi connectivity index (χ3n) is 2.18. The number of hydrogen-bond donors (Lipinski definition) is 1. The summed E-state index contributed by atoms with van der Waals surface area (Å²) in [5.74, 6) is 0.316. The number of phenols is 1. The van der Waals surface area contributed by atoms with Crippen molar-refractivity contribution in [3.8, 4) is 5.75 Å². The van der Waals surface area contributed by atoms with Gasteiger partial charge in [-0.15, -0.1) is 0 Å². The number of nitrogens with zero attached hydrogens (tertiary/aromatic N) is 1. The average Bonchev–Trinajstić information content (AvgIpc) is 2.09. The van der Waals surface area contributed by atoms with Gasteiger partial charge >= 0.3 is 0 Å². The molecule has 0 bridgehead atoms. The number of halogens is 1. The molecule has 0 amide bonds. The summed E-state index contributed by atoms with van der Waals surface area (Å²) in [6.07, 6.45) is 1.66. The lowest BCUT2D eigenvalue weighted by molar-refractivity contribution is 0.445. The molecule has 15 heavy (non-hydrogen) atoms. The Balaban J connectivity index is 3.41. The maximum Gasteiger partial charge on any atom is 0.128 e. The summed E-state index contributed by atoms with van der Waals surface area (Å²) in [6.45, 7) is 6.21. The van der Waals surface area contributed by atoms with Crippen molar-refractivity contribution in [1.29, 1.82) is 0 Å². The molecule has 2 nitrogen and oxygen atoms in total. The van der Waals surface area contributed by atoms with Crippen LogP contribution < -0.4 is 0 Å². The fourth-order valence-electron chi connectivity index (χ4n) is 1.43. The number of phenolic OH excluding ortho intramolecular Hbond substituents is 1. The first kappa shape index (κ1) is 12.2. The fraction of sp³-hybridized carbons (Fsp3) is 0.417. The van der Waals surface area contributed by atoms with Crippen LogP contribution in [0.3, 0.4) is 0 Å². The van der Waals surface area contributed by atoms with E-state index in [9.17, 15) is 5.11 Å². The first-order chi connectivity index (χ1) is 6.86. The lowest BCUT2D eigenvalue weighted by Gasteiger charge is -2.21. The van der Waals surface area contributed by atoms with Crippen LogP contribution in [0.15, 0.2) is 21.6 Å². The zero-order valence-electron chi connectivity index (χ0n) is 9.50. The van der Waals surface area contributed by atoms with Crippen molar-refractivity contribution in [2.24, 2.45) is 4.99 Å². The summed E-state index contributed by atoms with van der Waals surface area (Å²) in [7, 11) is 1.69. The lowest BCUT2D eigenvalue weighted by atomic mass is 9.85. The number of rotatable bonds is 1. The molecule has 0 aliphatic heterocycles. The molecule has 0 spiro atoms. The third-order valence-corrected chi connectivity index (χ3v) is 2.64. The Morgan fingerprint density at radius 3 is 2.40 bits per heavy atom. The van der Waals surface area contributed by atoms with Gasteiger partial charge in [0.1, 0.15) is 5.75 Å². The zero-order chi connectivity index (χ0) is 11.6. The van der Waals surface area contributed by atoms with Crippen molar-refractivity contribution in [1.82, 2.24) is 0 Å². The van der Waals surface area contributed by atoms with Crippen LogP contribution in [-0.4, -0.2) is 18.4 Å². The Kier molecular flexibility index (Phi) is 3.55. The highest BCUT2D eigenvalue weighted by atomic mass is 79.9. The number of aliphatic imine (C=N–C) groups is 1. The minimum atomic E-state index is -0.0792. The van der Waals surface area contributed by atoms with Gasteiger partial charge in [-0.25, -0.2) is 0 Å². The fourth-order valence-corrected chi connectivity index (χ4v) is 1.91. The van der Waals surface area contributed by atoms with E-state index in [1.54, 1.807) is 13.3 Å². The summed E-state index contributed by atoms with van der Waals surface area (Å²) in [5.41, 5.74) is 1.59. The molecule has 0 heterocycles. The second-order valence-corrected chi connectivity index (χ2v) is 5.44. The molecule has 0 radical (unpaired) electrons. The third kappa shape index (κ3) is 2.81. The van der Waals surface area contributed by atoms with Gasteiger partial charge in [0.15, 0.2) is 0 Å². The molecule has 1 aromatic rings. The van der Waals surface area contributed by atoms with E-state index in [1.165, 1.54) is 0 Å². The van der Waals surface area contributed by atoms with Gasteiger partial charge < -0.3 is 5.11 Å². The van der Waals surface area contributed by atoms with E-state index in [-0.39, 0.29) is 5.41 Å². The second-order valence-electron chi connectivity index (χ2n) is 4.53. The average molecular weight is 270 g/mol. The molecule has 1 aromatic carbocycles. The molecule has 0 aliphatic carbocycles. The highest BCUT2D eigenvalue weighted by Gasteiger charge is 2.20. The van der Waals surface area contributed by atoms with Gasteiger partial charge in [0.2, 0.25) is 0 Å². The van der Waals surface area contributed by atoms with Gasteiger partial charge in [0.25, 0.3) is 0 Å². The molecular weight excluding hydrogens is 254 g/mol. The van der Waals surface area contributed by atoms with Crippen LogP contribution in [0.4, 0.5) is 0 Å². The SMILES string of the molecule is CN=Cc1cc(Br)cc(C(C)(C)C)c1O. The molecule has 0 aliphatic rings. The van der Waals surface area contributed by atoms with Crippen LogP contribution in [0.5, 0.6) is 5.75 Å². The predicted molar refractivity (Wildman–Crippen MR) is 68.0 cm³/mol. The predicted octanol–water partition coefficient (Wildman–Crippen LogP) is 3.50. The summed E-state index contributed by atoms with van der Waals surface area (Å²) in [6, 6.07) is 3.81. The number of benzene rings is 1. The molecule has 0 atom stereocenters. The van der Waals surface area contributed by atoms with Crippen LogP contribution in [-0.2, 0) is 5.41 Å². The molecule has 0 saturated heterocycles. The first-order valence-corrected chi connectivity index (χ1v) is 5.60. The Labute approximate surface area is 99.2 Å². The van der Waals surface area contributed by atoms with Crippen molar-refractivity contribution in [3.63, 3.8) is 0 Å². The summed E-state index contributed by atoms with van der Waals surface area (Å²) in [5, 5.41) is 10.1. The molecule has 1 rings (SSSR count). The monoisotopic (exact) mass is 269 g/mol. The van der Waals surface area contributed by atoms with Crippen LogP contribution in [0, 0.1) is 0 Å². The summed E-state index contributed by atoms with van der Waals surface area (Å²) >= 11 is 3.44. The Hall–Kier alpha value is -0.830. The molecule has 0 unspecified atom stereocenters. The largest absolute Gasteiger partial charge is 0.507 e. The Morgan fingerprint density at radius 2 is 1.93 bits per heavy atom. The second kappa shape index (κ2) is 4.35. The van der Waals surface area contributed by atoms with Gasteiger partial charge in [-0.1, -0.05) is 36.7 Å². The van der Waals surface area contributed by atoms with Crippen molar-refractivity contribution in [2.45, 2.75) is 26.2 Å². The van der Waals surface area contributed by atoms with E-state index in [0.29, 0.717) is 5.75 Å². The van der Waals surface area contributed by atoms with Crippen molar-refractivity contribution in [3.05, 3.63) is 27.7 Å². The molecular formula is C12H16BrNO. The van der Waals surface area contributed by atoms with Crippen LogP contribution in [0.2, 0.25) is 0 Å². The minimum Gasteiger partial charge on any atom is -0.507 e. The Morgan fingerprint density at radius 1 is 1.33 bits per heavy atom. The number of aromatic hydroxyl groups is 1. The molecule has 82 valence electrons. The zero-order valence-corrected chi connectivity index (χ0v) is 11.1. The van der Waals surface area contributed by atoms with E-state index in [4.69, 9.17) is 0 Å². The van der Waals surface area contributed by atoms with Crippen LogP contribution in [0.1, 0.15) is 31.9 Å². The molecule has 0 fully saturated rings. The van der Waals surface area contributed by atoms with Gasteiger partial charge in [0, 0.05) is 28.9 Å². The number of hydrogen-bond acceptors (Lipinski definition) is 2. The van der Waals surface area contributed by atoms with Gasteiger partial charge in [-0.3, -0.25) is 4.99 Å². The van der Waals surface area contributed by atoms with E-state index < -0.39 is 0 Å². The smallest absolute Gasteiger partial charge is 0.128 e. The van der Waals surface area contributed by atoms with Crippen molar-refractivity contribution in [2.75, 3.05) is 7.05 Å². The lowest BCUT2D eigenvalue weighted by Crippen LogP contribution is -2.12. The van der Waals surface area contributed by atoms with Gasteiger partial charge in [-0.2, -0.15) is 0 Å². The van der Waals surface area contributed by atoms with E-state index in [2.05, 4.69) is 41.7 Å². The van der Waals surface area contributed by atoms with Gasteiger partial charge in [-0.05, 0) is 17.5 Å². The van der Waals surface area contributed by atoms with Crippen LogP contribution >= 0.6 is 15.9 Å². The normalized spacial score (nSPS) is 12.3. The summed E-state index contributed by atoms with van der Waals surface area (Å²) in [4.78, 5) is 3.93. The first-order valence-electron chi connectivity index (χ1n) is 4.81. The maximum atomic E-state index is 10.1. The van der Waals surface area contributed by atoms with E-state index in [1.807, 2.05) is 12.1 Å². The van der Waals surface area contributed by atoms with E-state index in [0.717, 1.165) is 15.6 Å². The van der Waals surface area contributed by atoms with Crippen molar-refractivity contribution < 1.29 is 5.11 Å². The molecule has 0 aromatic heterocycles. The standard InChI is InChI=1S/C12H16BrNO/c1-12(2,3)10-6-9(13)5-8(7-14-4)11(10)15/h5-7,15H,1-4H3. The topological polar surface area (TPSA) is 32.6 Å². The van der Waals surface area contributed by atoms with Crippen molar-refractivity contribution >= 4 is 22.1 Å². The highest BCUT2D eigenvalue weighted by Crippen LogP contribution is 2.35. The van der Waals surface area contributed by atoms with Crippen LogP contribution in [0.25, 0.3) is 0 Å². The summed E-state index contributed by atoms with van der Waals surface area (Å²) < 4.78 is 0.958. The quantitative estimate of drug-likeness (QED) is 0.778. The molecule has 3 heteroatoms.